The molecule has 0 atom stereocenters. The summed E-state index contributed by atoms with van der Waals surface area (Å²) in [6.07, 6.45) is 0. The van der Waals surface area contributed by atoms with Gasteiger partial charge in [-0.2, -0.15) is 5.26 Å². The van der Waals surface area contributed by atoms with Crippen LogP contribution in [0.5, 0.6) is 0 Å². The Morgan fingerprint density at radius 3 is 2.93 bits per heavy atom. The fraction of sp³-hybridized carbons (Fsp3) is 0.200. The molecule has 0 unspecified atom stereocenters. The molecule has 0 N–H and O–H groups in total. The van der Waals surface area contributed by atoms with Crippen LogP contribution in [-0.2, 0) is 0 Å². The molecule has 72 valence electrons. The summed E-state index contributed by atoms with van der Waals surface area (Å²) in [5, 5.41) is 10.8. The van der Waals surface area contributed by atoms with Crippen LogP contribution in [0.2, 0.25) is 5.02 Å². The third kappa shape index (κ3) is 2.76. The molecule has 14 heavy (non-hydrogen) atoms. The highest BCUT2D eigenvalue weighted by molar-refractivity contribution is 8.04. The van der Waals surface area contributed by atoms with Crippen LogP contribution in [0.1, 0.15) is 15.9 Å². The van der Waals surface area contributed by atoms with Crippen LogP contribution < -0.4 is 0 Å². The van der Waals surface area contributed by atoms with Gasteiger partial charge in [-0.15, -0.1) is 0 Å². The van der Waals surface area contributed by atoms with Crippen LogP contribution >= 0.6 is 23.4 Å². The first-order valence-corrected chi connectivity index (χ1v) is 5.31. The van der Waals surface area contributed by atoms with Crippen molar-refractivity contribution in [2.75, 3.05) is 5.75 Å². The largest absolute Gasteiger partial charge is 0.293 e. The van der Waals surface area contributed by atoms with Crippen LogP contribution in [-0.4, -0.2) is 11.5 Å². The molecular weight excluding hydrogens is 218 g/mol. The topological polar surface area (TPSA) is 40.9 Å². The molecule has 2 nitrogen and oxygen atoms in total. The van der Waals surface area contributed by atoms with Crippen LogP contribution in [0.15, 0.2) is 18.2 Å². The lowest BCUT2D eigenvalue weighted by molar-refractivity contribution is 0.102. The number of nitrogens with zero attached hydrogens (tertiary/aromatic N) is 1. The number of hydrogen-bond donors (Lipinski definition) is 0. The van der Waals surface area contributed by atoms with E-state index in [1.165, 1.54) is 0 Å². The Morgan fingerprint density at radius 2 is 2.36 bits per heavy atom. The summed E-state index contributed by atoms with van der Waals surface area (Å²) in [5.74, 6) is 0.147. The van der Waals surface area contributed by atoms with Gasteiger partial charge in [0.15, 0.2) is 5.78 Å². The number of thioether (sulfide) groups is 1. The number of aryl methyl sites for hydroxylation is 1. The van der Waals surface area contributed by atoms with Crippen molar-refractivity contribution in [3.05, 3.63) is 34.3 Å². The van der Waals surface area contributed by atoms with E-state index in [0.717, 1.165) is 17.3 Å². The molecule has 0 saturated heterocycles. The first-order chi connectivity index (χ1) is 6.65. The minimum atomic E-state index is -0.0451. The van der Waals surface area contributed by atoms with Gasteiger partial charge in [-0.3, -0.25) is 4.79 Å². The monoisotopic (exact) mass is 225 g/mol. The number of Topliss-reactive ketones (excluding diaryl/α,β-unsaturated/α-hetero) is 1. The van der Waals surface area contributed by atoms with Crippen molar-refractivity contribution in [3.63, 3.8) is 0 Å². The molecule has 4 heteroatoms. The van der Waals surface area contributed by atoms with E-state index in [1.807, 2.05) is 12.3 Å². The van der Waals surface area contributed by atoms with Crippen molar-refractivity contribution in [1.29, 1.82) is 5.26 Å². The first-order valence-electron chi connectivity index (χ1n) is 3.95. The quantitative estimate of drug-likeness (QED) is 0.587. The molecule has 0 aliphatic rings. The fourth-order valence-electron chi connectivity index (χ4n) is 0.999. The van der Waals surface area contributed by atoms with Gasteiger partial charge in [0.05, 0.1) is 5.75 Å². The van der Waals surface area contributed by atoms with Crippen LogP contribution in [0, 0.1) is 17.6 Å². The Morgan fingerprint density at radius 1 is 1.64 bits per heavy atom. The Balaban J connectivity index is 2.82. The van der Waals surface area contributed by atoms with Gasteiger partial charge < -0.3 is 0 Å². The summed E-state index contributed by atoms with van der Waals surface area (Å²) in [7, 11) is 0. The fourth-order valence-corrected chi connectivity index (χ4v) is 1.48. The zero-order chi connectivity index (χ0) is 10.6. The van der Waals surface area contributed by atoms with Crippen molar-refractivity contribution >= 4 is 29.1 Å². The molecule has 0 amide bonds. The number of carbonyl (C=O) groups excluding carboxylic acids is 1. The van der Waals surface area contributed by atoms with E-state index in [4.69, 9.17) is 16.9 Å². The minimum absolute atomic E-state index is 0.0451. The molecule has 1 aromatic carbocycles. The van der Waals surface area contributed by atoms with Crippen molar-refractivity contribution in [2.45, 2.75) is 6.92 Å². The van der Waals surface area contributed by atoms with Crippen molar-refractivity contribution in [1.82, 2.24) is 0 Å². The highest BCUT2D eigenvalue weighted by Crippen LogP contribution is 2.17. The number of nitriles is 1. The summed E-state index contributed by atoms with van der Waals surface area (Å²) in [4.78, 5) is 11.5. The Kier molecular flexibility index (Phi) is 3.99. The molecule has 0 heterocycles. The molecule has 0 bridgehead atoms. The summed E-state index contributed by atoms with van der Waals surface area (Å²) >= 11 is 6.76. The molecule has 0 fully saturated rings. The smallest absolute Gasteiger partial charge is 0.173 e. The van der Waals surface area contributed by atoms with E-state index in [2.05, 4.69) is 0 Å². The van der Waals surface area contributed by atoms with E-state index in [0.29, 0.717) is 10.6 Å². The number of benzene rings is 1. The van der Waals surface area contributed by atoms with Gasteiger partial charge in [0.2, 0.25) is 0 Å². The number of rotatable bonds is 3. The molecule has 0 spiro atoms. The van der Waals surface area contributed by atoms with Gasteiger partial charge in [0.25, 0.3) is 0 Å². The van der Waals surface area contributed by atoms with Gasteiger partial charge in [0, 0.05) is 10.6 Å². The maximum Gasteiger partial charge on any atom is 0.173 e. The molecule has 0 saturated carbocycles. The maximum absolute atomic E-state index is 11.5. The Hall–Kier alpha value is -0.980. The standard InChI is InChI=1S/C10H8ClNOS/c1-7-4-8(2-3-9(7)11)10(13)5-14-6-12/h2-4H,5H2,1H3. The highest BCUT2D eigenvalue weighted by atomic mass is 35.5. The van der Waals surface area contributed by atoms with Crippen LogP contribution in [0.25, 0.3) is 0 Å². The average molecular weight is 226 g/mol. The Labute approximate surface area is 91.9 Å². The molecule has 1 rings (SSSR count). The number of hydrogen-bond acceptors (Lipinski definition) is 3. The predicted molar refractivity (Wildman–Crippen MR) is 58.6 cm³/mol. The lowest BCUT2D eigenvalue weighted by Crippen LogP contribution is -2.01. The predicted octanol–water partition coefficient (Wildman–Crippen LogP) is 3.05. The van der Waals surface area contributed by atoms with Gasteiger partial charge in [-0.05, 0) is 42.4 Å². The van der Waals surface area contributed by atoms with E-state index >= 15 is 0 Å². The molecule has 0 radical (unpaired) electrons. The van der Waals surface area contributed by atoms with Crippen molar-refractivity contribution in [3.8, 4) is 5.40 Å². The van der Waals surface area contributed by atoms with E-state index in [9.17, 15) is 4.79 Å². The number of carbonyl (C=O) groups is 1. The molecule has 0 aliphatic carbocycles. The van der Waals surface area contributed by atoms with Gasteiger partial charge in [-0.25, -0.2) is 0 Å². The van der Waals surface area contributed by atoms with Crippen LogP contribution in [0.4, 0.5) is 0 Å². The summed E-state index contributed by atoms with van der Waals surface area (Å²) in [6, 6.07) is 5.11. The van der Waals surface area contributed by atoms with Gasteiger partial charge in [0.1, 0.15) is 5.40 Å². The lowest BCUT2D eigenvalue weighted by Gasteiger charge is -2.01. The van der Waals surface area contributed by atoms with Crippen molar-refractivity contribution < 1.29 is 4.79 Å². The van der Waals surface area contributed by atoms with E-state index < -0.39 is 0 Å². The maximum atomic E-state index is 11.5. The third-order valence-corrected chi connectivity index (χ3v) is 2.71. The zero-order valence-corrected chi connectivity index (χ0v) is 9.15. The lowest BCUT2D eigenvalue weighted by atomic mass is 10.1. The van der Waals surface area contributed by atoms with Gasteiger partial charge >= 0.3 is 0 Å². The molecule has 1 aromatic rings. The van der Waals surface area contributed by atoms with E-state index in [1.54, 1.807) is 18.2 Å². The highest BCUT2D eigenvalue weighted by Gasteiger charge is 2.06. The van der Waals surface area contributed by atoms with E-state index in [-0.39, 0.29) is 11.5 Å². The molecule has 0 aliphatic heterocycles. The number of halogens is 1. The number of ketones is 1. The first kappa shape index (κ1) is 11.1. The minimum Gasteiger partial charge on any atom is -0.293 e. The normalized spacial score (nSPS) is 9.50. The molecular formula is C10H8ClNOS. The second-order valence-electron chi connectivity index (χ2n) is 2.77. The number of thiocyanates is 1. The summed E-state index contributed by atoms with van der Waals surface area (Å²) in [5.41, 5.74) is 1.48. The summed E-state index contributed by atoms with van der Waals surface area (Å²) in [6.45, 7) is 1.84. The van der Waals surface area contributed by atoms with Gasteiger partial charge in [-0.1, -0.05) is 11.6 Å². The third-order valence-electron chi connectivity index (χ3n) is 1.75. The summed E-state index contributed by atoms with van der Waals surface area (Å²) < 4.78 is 0. The zero-order valence-electron chi connectivity index (χ0n) is 7.58. The molecule has 0 aromatic heterocycles. The second kappa shape index (κ2) is 5.04. The second-order valence-corrected chi connectivity index (χ2v) is 3.93. The SMILES string of the molecule is Cc1cc(C(=O)CSC#N)ccc1Cl. The van der Waals surface area contributed by atoms with Crippen molar-refractivity contribution in [2.24, 2.45) is 0 Å². The average Bonchev–Trinajstić information content (AvgIpc) is 2.18. The van der Waals surface area contributed by atoms with Crippen LogP contribution in [0.3, 0.4) is 0 Å². The Bertz CT molecular complexity index is 398.